The molecule has 0 aromatic heterocycles. The number of carbonyl (C=O) groups is 4. The van der Waals surface area contributed by atoms with Gasteiger partial charge in [0.2, 0.25) is 11.8 Å². The summed E-state index contributed by atoms with van der Waals surface area (Å²) in [6.45, 7) is 5.57. The molecule has 0 saturated carbocycles. The van der Waals surface area contributed by atoms with E-state index in [1.54, 1.807) is 24.3 Å². The lowest BCUT2D eigenvalue weighted by Gasteiger charge is -2.24. The molecule has 6 N–H and O–H groups in total. The van der Waals surface area contributed by atoms with Crippen LogP contribution in [0.1, 0.15) is 56.8 Å². The molecule has 0 bridgehead atoms. The highest BCUT2D eigenvalue weighted by atomic mass is 19.1. The lowest BCUT2D eigenvalue weighted by molar-refractivity contribution is -0.138. The van der Waals surface area contributed by atoms with Crippen molar-refractivity contribution in [1.82, 2.24) is 15.5 Å². The molecule has 12 heteroatoms. The van der Waals surface area contributed by atoms with Crippen LogP contribution in [0.3, 0.4) is 0 Å². The van der Waals surface area contributed by atoms with Gasteiger partial charge < -0.3 is 31.7 Å². The van der Waals surface area contributed by atoms with Gasteiger partial charge in [-0.15, -0.1) is 0 Å². The Balaban J connectivity index is 0.00000110. The number of hydrogen-bond acceptors (Lipinski definition) is 6. The predicted molar refractivity (Wildman–Crippen MR) is 141 cm³/mol. The van der Waals surface area contributed by atoms with Gasteiger partial charge in [0.15, 0.2) is 11.7 Å². The maximum Gasteiger partial charge on any atom is 0.251 e. The SMILES string of the molecule is CCC.CCCN=C(N)N.COc1cccc(C(=O)NCC(=O)N2CCCC2C(=O)NCC(=O)CF)c1. The Morgan fingerprint density at radius 1 is 1.14 bits per heavy atom. The van der Waals surface area contributed by atoms with Crippen molar-refractivity contribution in [2.45, 2.75) is 52.5 Å². The van der Waals surface area contributed by atoms with Crippen LogP contribution in [0.15, 0.2) is 29.3 Å². The minimum Gasteiger partial charge on any atom is -0.497 e. The topological polar surface area (TPSA) is 169 Å². The number of Topliss-reactive ketones (excluding diaryl/α,β-unsaturated/α-hetero) is 1. The number of benzene rings is 1. The Kier molecular flexibility index (Phi) is 17.5. The lowest BCUT2D eigenvalue weighted by atomic mass is 10.2. The molecule has 0 spiro atoms. The van der Waals surface area contributed by atoms with Gasteiger partial charge in [-0.2, -0.15) is 0 Å². The average Bonchev–Trinajstić information content (AvgIpc) is 3.40. The van der Waals surface area contributed by atoms with Crippen molar-refractivity contribution in [2.24, 2.45) is 16.5 Å². The number of nitrogens with zero attached hydrogens (tertiary/aromatic N) is 2. The molecule has 208 valence electrons. The molecule has 37 heavy (non-hydrogen) atoms. The zero-order valence-electron chi connectivity index (χ0n) is 22.2. The van der Waals surface area contributed by atoms with Gasteiger partial charge in [0.05, 0.1) is 20.2 Å². The van der Waals surface area contributed by atoms with Crippen LogP contribution in [0.2, 0.25) is 0 Å². The largest absolute Gasteiger partial charge is 0.497 e. The summed E-state index contributed by atoms with van der Waals surface area (Å²) in [6, 6.07) is 5.78. The van der Waals surface area contributed by atoms with Gasteiger partial charge in [-0.05, 0) is 37.5 Å². The minimum atomic E-state index is -1.15. The molecule has 1 aliphatic heterocycles. The number of methoxy groups -OCH3 is 1. The van der Waals surface area contributed by atoms with E-state index in [2.05, 4.69) is 29.5 Å². The third-order valence-corrected chi connectivity index (χ3v) is 4.73. The summed E-state index contributed by atoms with van der Waals surface area (Å²) in [5.74, 6) is -1.36. The summed E-state index contributed by atoms with van der Waals surface area (Å²) in [4.78, 5) is 52.7. The van der Waals surface area contributed by atoms with Crippen molar-refractivity contribution in [2.75, 3.05) is 40.0 Å². The summed E-state index contributed by atoms with van der Waals surface area (Å²) in [5, 5.41) is 4.86. The van der Waals surface area contributed by atoms with E-state index in [1.165, 1.54) is 18.4 Å². The van der Waals surface area contributed by atoms with Crippen molar-refractivity contribution < 1.29 is 28.3 Å². The van der Waals surface area contributed by atoms with E-state index >= 15 is 0 Å². The molecule has 1 aliphatic rings. The number of hydrogen-bond donors (Lipinski definition) is 4. The Morgan fingerprint density at radius 3 is 2.35 bits per heavy atom. The molecule has 11 nitrogen and oxygen atoms in total. The second-order valence-electron chi connectivity index (χ2n) is 8.06. The highest BCUT2D eigenvalue weighted by molar-refractivity contribution is 5.97. The second-order valence-corrected chi connectivity index (χ2v) is 8.06. The molecular formula is C25H41FN6O5. The van der Waals surface area contributed by atoms with Gasteiger partial charge in [0.1, 0.15) is 18.5 Å². The second kappa shape index (κ2) is 19.5. The number of halogens is 1. The summed E-state index contributed by atoms with van der Waals surface area (Å²) in [5.41, 5.74) is 10.4. The molecule has 1 saturated heterocycles. The van der Waals surface area contributed by atoms with Crippen LogP contribution in [-0.4, -0.2) is 80.4 Å². The molecule has 1 fully saturated rings. The maximum absolute atomic E-state index is 12.4. The number of ketones is 1. The minimum absolute atomic E-state index is 0.182. The van der Waals surface area contributed by atoms with Gasteiger partial charge in [0, 0.05) is 18.7 Å². The zero-order chi connectivity index (χ0) is 28.2. The number of rotatable bonds is 10. The fourth-order valence-electron chi connectivity index (χ4n) is 3.05. The van der Waals surface area contributed by atoms with Crippen LogP contribution < -0.4 is 26.8 Å². The molecule has 0 radical (unpaired) electrons. The summed E-state index contributed by atoms with van der Waals surface area (Å²) in [7, 11) is 1.49. The molecule has 1 unspecified atom stereocenters. The number of ether oxygens (including phenoxy) is 1. The van der Waals surface area contributed by atoms with Crippen LogP contribution in [0.4, 0.5) is 4.39 Å². The molecule has 1 aromatic carbocycles. The fraction of sp³-hybridized carbons (Fsp3) is 0.560. The number of nitrogens with two attached hydrogens (primary N) is 2. The van der Waals surface area contributed by atoms with E-state index in [9.17, 15) is 23.6 Å². The quantitative estimate of drug-likeness (QED) is 0.263. The fourth-order valence-corrected chi connectivity index (χ4v) is 3.05. The first kappa shape index (κ1) is 33.3. The Morgan fingerprint density at radius 2 is 1.81 bits per heavy atom. The monoisotopic (exact) mass is 524 g/mol. The third-order valence-electron chi connectivity index (χ3n) is 4.73. The lowest BCUT2D eigenvalue weighted by Crippen LogP contribution is -2.49. The van der Waals surface area contributed by atoms with Crippen molar-refractivity contribution in [1.29, 1.82) is 0 Å². The average molecular weight is 525 g/mol. The molecular weight excluding hydrogens is 483 g/mol. The van der Waals surface area contributed by atoms with Crippen LogP contribution in [0, 0.1) is 0 Å². The van der Waals surface area contributed by atoms with Gasteiger partial charge in [-0.1, -0.05) is 33.3 Å². The Bertz CT molecular complexity index is 892. The number of alkyl halides is 1. The van der Waals surface area contributed by atoms with Gasteiger partial charge in [0.25, 0.3) is 5.91 Å². The van der Waals surface area contributed by atoms with Gasteiger partial charge >= 0.3 is 0 Å². The van der Waals surface area contributed by atoms with Crippen molar-refractivity contribution >= 4 is 29.5 Å². The smallest absolute Gasteiger partial charge is 0.251 e. The van der Waals surface area contributed by atoms with E-state index in [0.717, 1.165) is 13.0 Å². The third kappa shape index (κ3) is 13.8. The first-order chi connectivity index (χ1) is 17.6. The molecule has 1 atom stereocenters. The van der Waals surface area contributed by atoms with E-state index < -0.39 is 42.8 Å². The van der Waals surface area contributed by atoms with Gasteiger partial charge in [-0.25, -0.2) is 4.39 Å². The number of nitrogens with one attached hydrogen (secondary N) is 2. The predicted octanol–water partition coefficient (Wildman–Crippen LogP) is 1.16. The van der Waals surface area contributed by atoms with E-state index in [4.69, 9.17) is 16.2 Å². The first-order valence-corrected chi connectivity index (χ1v) is 12.3. The van der Waals surface area contributed by atoms with Crippen LogP contribution in [0.5, 0.6) is 5.75 Å². The summed E-state index contributed by atoms with van der Waals surface area (Å²) < 4.78 is 17.2. The van der Waals surface area contributed by atoms with Gasteiger partial charge in [-0.3, -0.25) is 24.2 Å². The maximum atomic E-state index is 12.4. The summed E-state index contributed by atoms with van der Waals surface area (Å²) in [6.07, 6.45) is 3.33. The van der Waals surface area contributed by atoms with Crippen LogP contribution in [-0.2, 0) is 14.4 Å². The molecule has 1 aromatic rings. The highest BCUT2D eigenvalue weighted by Crippen LogP contribution is 2.17. The molecule has 3 amide bonds. The number of likely N-dealkylation sites (tertiary alicyclic amines) is 1. The molecule has 2 rings (SSSR count). The van der Waals surface area contributed by atoms with Crippen molar-refractivity contribution in [3.63, 3.8) is 0 Å². The summed E-state index contributed by atoms with van der Waals surface area (Å²) >= 11 is 0. The molecule has 1 heterocycles. The number of carbonyl (C=O) groups excluding carboxylic acids is 4. The number of aliphatic imine (C=N–C) groups is 1. The van der Waals surface area contributed by atoms with Crippen molar-refractivity contribution in [3.8, 4) is 5.75 Å². The normalized spacial score (nSPS) is 13.6. The Labute approximate surface area is 218 Å². The first-order valence-electron chi connectivity index (χ1n) is 12.3. The Hall–Kier alpha value is -3.70. The van der Waals surface area contributed by atoms with Crippen molar-refractivity contribution in [3.05, 3.63) is 29.8 Å². The number of guanidine groups is 1. The number of amides is 3. The van der Waals surface area contributed by atoms with Crippen LogP contribution >= 0.6 is 0 Å². The highest BCUT2D eigenvalue weighted by Gasteiger charge is 2.34. The standard InChI is InChI=1S/C18H22FN3O5.C4H11N3.C3H8/c1-27-14-5-2-4-12(8-14)17(25)21-11-16(24)22-7-3-6-15(22)18(26)20-10-13(23)9-19;1-2-3-7-4(5)6;1-3-2/h2,4-5,8,15H,3,6-7,9-11H2,1H3,(H,20,26)(H,21,25);2-3H2,1H3,(H4,5,6,7);3H2,1-2H3. The molecule has 0 aliphatic carbocycles. The van der Waals surface area contributed by atoms with E-state index in [0.29, 0.717) is 30.7 Å². The zero-order valence-corrected chi connectivity index (χ0v) is 22.2. The van der Waals surface area contributed by atoms with Crippen LogP contribution in [0.25, 0.3) is 0 Å². The van der Waals surface area contributed by atoms with E-state index in [-0.39, 0.29) is 12.5 Å². The van der Waals surface area contributed by atoms with E-state index in [1.807, 2.05) is 6.92 Å².